The van der Waals surface area contributed by atoms with Crippen LogP contribution in [-0.4, -0.2) is 5.71 Å². The average molecular weight is 247 g/mol. The Hall–Kier alpha value is -1.11. The van der Waals surface area contributed by atoms with Crippen LogP contribution >= 0.6 is 0 Å². The van der Waals surface area contributed by atoms with Crippen molar-refractivity contribution in [3.05, 3.63) is 29.8 Å². The third kappa shape index (κ3) is 7.26. The van der Waals surface area contributed by atoms with Crippen molar-refractivity contribution in [2.75, 3.05) is 0 Å². The van der Waals surface area contributed by atoms with Gasteiger partial charge in [-0.25, -0.2) is 0 Å². The molecule has 1 aromatic carbocycles. The van der Waals surface area contributed by atoms with E-state index in [1.165, 1.54) is 17.7 Å². The summed E-state index contributed by atoms with van der Waals surface area (Å²) in [5, 5.41) is 0. The second-order valence-corrected chi connectivity index (χ2v) is 5.50. The van der Waals surface area contributed by atoms with Crippen LogP contribution in [0.3, 0.4) is 0 Å². The molecule has 0 fully saturated rings. The Labute approximate surface area is 113 Å². The molecule has 0 bridgehead atoms. The predicted molar refractivity (Wildman–Crippen MR) is 83.9 cm³/mol. The van der Waals surface area contributed by atoms with Gasteiger partial charge in [0, 0.05) is 5.71 Å². The van der Waals surface area contributed by atoms with Gasteiger partial charge in [0.1, 0.15) is 0 Å². The van der Waals surface area contributed by atoms with E-state index in [1.807, 2.05) is 12.1 Å². The molecule has 0 spiro atoms. The minimum Gasteiger partial charge on any atom is -0.258 e. The highest BCUT2D eigenvalue weighted by atomic mass is 14.7. The summed E-state index contributed by atoms with van der Waals surface area (Å²) < 4.78 is 0. The zero-order valence-corrected chi connectivity index (χ0v) is 13.1. The molecule has 0 saturated carbocycles. The lowest BCUT2D eigenvalue weighted by Crippen LogP contribution is -2.00. The van der Waals surface area contributed by atoms with Crippen LogP contribution < -0.4 is 0 Å². The highest BCUT2D eigenvalue weighted by Gasteiger charge is 1.99. The first-order valence-corrected chi connectivity index (χ1v) is 6.99. The summed E-state index contributed by atoms with van der Waals surface area (Å²) in [5.41, 5.74) is 3.52. The maximum Gasteiger partial charge on any atom is 0.0658 e. The Balaban J connectivity index is 0.000000494. The highest BCUT2D eigenvalue weighted by Crippen LogP contribution is 2.18. The fraction of sp³-hybridized carbons (Fsp3) is 0.588. The van der Waals surface area contributed by atoms with E-state index in [4.69, 9.17) is 0 Å². The molecule has 1 aromatic rings. The summed E-state index contributed by atoms with van der Waals surface area (Å²) in [6.45, 7) is 15.1. The normalized spacial score (nSPS) is 11.5. The second kappa shape index (κ2) is 8.91. The van der Waals surface area contributed by atoms with Crippen LogP contribution in [0.1, 0.15) is 53.5 Å². The molecule has 0 N–H and O–H groups in total. The first kappa shape index (κ1) is 16.9. The molecular weight excluding hydrogens is 218 g/mol. The zero-order valence-electron chi connectivity index (χ0n) is 13.1. The first-order chi connectivity index (χ1) is 8.38. The number of benzene rings is 1. The largest absolute Gasteiger partial charge is 0.258 e. The fourth-order valence-electron chi connectivity index (χ4n) is 1.01. The third-order valence-corrected chi connectivity index (χ3v) is 3.06. The molecule has 0 aromatic heterocycles. The summed E-state index contributed by atoms with van der Waals surface area (Å²) in [5.74, 6) is 1.41. The molecule has 0 heterocycles. The lowest BCUT2D eigenvalue weighted by Gasteiger charge is -2.05. The van der Waals surface area contributed by atoms with Crippen LogP contribution in [0.25, 0.3) is 0 Å². The van der Waals surface area contributed by atoms with Crippen LogP contribution in [0.2, 0.25) is 0 Å². The van der Waals surface area contributed by atoms with E-state index < -0.39 is 0 Å². The zero-order chi connectivity index (χ0) is 14.1. The highest BCUT2D eigenvalue weighted by molar-refractivity contribution is 5.86. The molecule has 0 unspecified atom stereocenters. The molecule has 0 amide bonds. The van der Waals surface area contributed by atoms with Gasteiger partial charge in [0.2, 0.25) is 0 Å². The van der Waals surface area contributed by atoms with Gasteiger partial charge in [-0.3, -0.25) is 4.99 Å². The summed E-state index contributed by atoms with van der Waals surface area (Å²) in [7, 11) is 0. The van der Waals surface area contributed by atoms with Crippen LogP contribution in [0.4, 0.5) is 5.69 Å². The summed E-state index contributed by atoms with van der Waals surface area (Å²) >= 11 is 0. The minimum atomic E-state index is 0.527. The predicted octanol–water partition coefficient (Wildman–Crippen LogP) is 5.80. The van der Waals surface area contributed by atoms with E-state index in [-0.39, 0.29) is 0 Å². The number of aryl methyl sites for hydroxylation is 1. The lowest BCUT2D eigenvalue weighted by atomic mass is 10.1. The van der Waals surface area contributed by atoms with Crippen molar-refractivity contribution in [3.63, 3.8) is 0 Å². The van der Waals surface area contributed by atoms with E-state index in [1.54, 1.807) is 0 Å². The SMILES string of the molecule is CC(=Nc1ccccc1C)C(C)C.CCC(C)C. The van der Waals surface area contributed by atoms with Crippen molar-refractivity contribution < 1.29 is 0 Å². The molecular formula is C17H29N. The monoisotopic (exact) mass is 247 g/mol. The number of hydrogen-bond acceptors (Lipinski definition) is 1. The Morgan fingerprint density at radius 3 is 2.00 bits per heavy atom. The van der Waals surface area contributed by atoms with Gasteiger partial charge in [-0.15, -0.1) is 0 Å². The molecule has 0 aliphatic heterocycles. The Bertz CT molecular complexity index is 362. The number of rotatable bonds is 3. The van der Waals surface area contributed by atoms with Gasteiger partial charge < -0.3 is 0 Å². The maximum absolute atomic E-state index is 4.57. The van der Waals surface area contributed by atoms with Gasteiger partial charge >= 0.3 is 0 Å². The topological polar surface area (TPSA) is 12.4 Å². The van der Waals surface area contributed by atoms with Crippen molar-refractivity contribution in [1.29, 1.82) is 0 Å². The van der Waals surface area contributed by atoms with Gasteiger partial charge in [-0.1, -0.05) is 59.2 Å². The summed E-state index contributed by atoms with van der Waals surface area (Å²) in [6.07, 6.45) is 1.31. The van der Waals surface area contributed by atoms with Gasteiger partial charge in [0.25, 0.3) is 0 Å². The molecule has 0 radical (unpaired) electrons. The number of aliphatic imine (C=N–C) groups is 1. The van der Waals surface area contributed by atoms with Crippen molar-refractivity contribution in [1.82, 2.24) is 0 Å². The summed E-state index contributed by atoms with van der Waals surface area (Å²) in [6, 6.07) is 8.21. The minimum absolute atomic E-state index is 0.527. The van der Waals surface area contributed by atoms with E-state index in [2.05, 4.69) is 65.6 Å². The Morgan fingerprint density at radius 1 is 1.11 bits per heavy atom. The van der Waals surface area contributed by atoms with E-state index in [9.17, 15) is 0 Å². The fourth-order valence-corrected chi connectivity index (χ4v) is 1.01. The molecule has 0 aliphatic rings. The van der Waals surface area contributed by atoms with Crippen molar-refractivity contribution in [2.45, 2.75) is 54.9 Å². The molecule has 18 heavy (non-hydrogen) atoms. The molecule has 1 heteroatoms. The van der Waals surface area contributed by atoms with Crippen LogP contribution in [0.15, 0.2) is 29.3 Å². The molecule has 102 valence electrons. The van der Waals surface area contributed by atoms with Gasteiger partial charge in [-0.2, -0.15) is 0 Å². The second-order valence-electron chi connectivity index (χ2n) is 5.50. The van der Waals surface area contributed by atoms with Crippen molar-refractivity contribution >= 4 is 11.4 Å². The van der Waals surface area contributed by atoms with E-state index >= 15 is 0 Å². The molecule has 0 atom stereocenters. The molecule has 0 aliphatic carbocycles. The van der Waals surface area contributed by atoms with Gasteiger partial charge in [-0.05, 0) is 37.3 Å². The Kier molecular flexibility index (Phi) is 8.36. The number of nitrogens with zero attached hydrogens (tertiary/aromatic N) is 1. The number of para-hydroxylation sites is 1. The Morgan fingerprint density at radius 2 is 1.61 bits per heavy atom. The first-order valence-electron chi connectivity index (χ1n) is 6.99. The van der Waals surface area contributed by atoms with Crippen molar-refractivity contribution in [3.8, 4) is 0 Å². The lowest BCUT2D eigenvalue weighted by molar-refractivity contribution is 0.626. The maximum atomic E-state index is 4.57. The van der Waals surface area contributed by atoms with Crippen molar-refractivity contribution in [2.24, 2.45) is 16.8 Å². The molecule has 0 saturated heterocycles. The third-order valence-electron chi connectivity index (χ3n) is 3.06. The van der Waals surface area contributed by atoms with Crippen LogP contribution in [0, 0.1) is 18.8 Å². The van der Waals surface area contributed by atoms with E-state index in [0.29, 0.717) is 5.92 Å². The average Bonchev–Trinajstić information content (AvgIpc) is 2.32. The molecule has 1 nitrogen and oxygen atoms in total. The van der Waals surface area contributed by atoms with Crippen LogP contribution in [-0.2, 0) is 0 Å². The van der Waals surface area contributed by atoms with Crippen LogP contribution in [0.5, 0.6) is 0 Å². The smallest absolute Gasteiger partial charge is 0.0658 e. The quantitative estimate of drug-likeness (QED) is 0.599. The summed E-state index contributed by atoms with van der Waals surface area (Å²) in [4.78, 5) is 4.57. The van der Waals surface area contributed by atoms with Gasteiger partial charge in [0.05, 0.1) is 5.69 Å². The number of hydrogen-bond donors (Lipinski definition) is 0. The molecule has 1 rings (SSSR count). The van der Waals surface area contributed by atoms with Gasteiger partial charge in [0.15, 0.2) is 0 Å². The standard InChI is InChI=1S/C12H17N.C5H12/c1-9(2)11(4)13-12-8-6-5-7-10(12)3;1-4-5(2)3/h5-9H,1-4H3;5H,4H2,1-3H3. The van der Waals surface area contributed by atoms with E-state index in [0.717, 1.165) is 11.6 Å².